The molecule has 0 saturated heterocycles. The Bertz CT molecular complexity index is 1220. The van der Waals surface area contributed by atoms with E-state index in [4.69, 9.17) is 4.74 Å². The largest absolute Gasteiger partial charge is 0.495 e. The minimum Gasteiger partial charge on any atom is -0.495 e. The highest BCUT2D eigenvalue weighted by atomic mass is 32.2. The Labute approximate surface area is 190 Å². The van der Waals surface area contributed by atoms with Crippen LogP contribution in [0.4, 0.5) is 5.69 Å². The average Bonchev–Trinajstić information content (AvgIpc) is 3.22. The Morgan fingerprint density at radius 2 is 1.75 bits per heavy atom. The predicted molar refractivity (Wildman–Crippen MR) is 126 cm³/mol. The third-order valence-corrected chi connectivity index (χ3v) is 5.68. The van der Waals surface area contributed by atoms with Gasteiger partial charge in [-0.2, -0.15) is 0 Å². The zero-order chi connectivity index (χ0) is 22.5. The fourth-order valence-corrected chi connectivity index (χ4v) is 4.18. The normalized spacial score (nSPS) is 10.7. The van der Waals surface area contributed by atoms with Crippen molar-refractivity contribution < 1.29 is 9.53 Å². The number of nitrogens with one attached hydrogen (secondary N) is 1. The maximum absolute atomic E-state index is 12.6. The van der Waals surface area contributed by atoms with Crippen LogP contribution in [-0.4, -0.2) is 38.5 Å². The number of methoxy groups -OCH3 is 1. The van der Waals surface area contributed by atoms with Gasteiger partial charge in [-0.05, 0) is 61.4 Å². The van der Waals surface area contributed by atoms with Crippen LogP contribution >= 0.6 is 11.8 Å². The summed E-state index contributed by atoms with van der Waals surface area (Å²) in [5, 5.41) is 12.3. The number of ether oxygens (including phenoxy) is 1. The van der Waals surface area contributed by atoms with Crippen molar-refractivity contribution >= 4 is 23.4 Å². The van der Waals surface area contributed by atoms with Gasteiger partial charge < -0.3 is 10.1 Å². The number of anilines is 1. The van der Waals surface area contributed by atoms with Gasteiger partial charge in [0.25, 0.3) is 0 Å². The Morgan fingerprint density at radius 3 is 2.47 bits per heavy atom. The number of hydrogen-bond acceptors (Lipinski definition) is 6. The molecule has 162 valence electrons. The standard InChI is InChI=1S/C24H23N5O2S/c1-16-12-17(2)14-19(13-16)29-23(18-8-10-25-11-9-18)27-28-24(29)32-15-22(30)26-20-6-4-5-7-21(20)31-3/h4-14H,15H2,1-3H3,(H,26,30). The fourth-order valence-electron chi connectivity index (χ4n) is 3.43. The minimum atomic E-state index is -0.153. The number of para-hydroxylation sites is 2. The van der Waals surface area contributed by atoms with E-state index in [0.717, 1.165) is 22.4 Å². The van der Waals surface area contributed by atoms with Crippen molar-refractivity contribution in [2.75, 3.05) is 18.2 Å². The van der Waals surface area contributed by atoms with Crippen LogP contribution in [0.3, 0.4) is 0 Å². The second-order valence-corrected chi connectivity index (χ2v) is 8.20. The lowest BCUT2D eigenvalue weighted by Crippen LogP contribution is -2.15. The van der Waals surface area contributed by atoms with Gasteiger partial charge in [0, 0.05) is 18.0 Å². The van der Waals surface area contributed by atoms with E-state index in [9.17, 15) is 4.79 Å². The maximum Gasteiger partial charge on any atom is 0.234 e. The Morgan fingerprint density at radius 1 is 1.03 bits per heavy atom. The maximum atomic E-state index is 12.6. The minimum absolute atomic E-state index is 0.153. The van der Waals surface area contributed by atoms with E-state index in [1.165, 1.54) is 11.8 Å². The average molecular weight is 446 g/mol. The molecule has 32 heavy (non-hydrogen) atoms. The van der Waals surface area contributed by atoms with Gasteiger partial charge in [0.15, 0.2) is 11.0 Å². The number of nitrogens with zero attached hydrogens (tertiary/aromatic N) is 4. The summed E-state index contributed by atoms with van der Waals surface area (Å²) in [6.07, 6.45) is 3.45. The first-order valence-corrected chi connectivity index (χ1v) is 11.0. The van der Waals surface area contributed by atoms with Crippen LogP contribution in [0.25, 0.3) is 17.1 Å². The molecular formula is C24H23N5O2S. The molecule has 0 unspecified atom stereocenters. The molecule has 2 aromatic carbocycles. The summed E-state index contributed by atoms with van der Waals surface area (Å²) in [5.74, 6) is 1.34. The SMILES string of the molecule is COc1ccccc1NC(=O)CSc1nnc(-c2ccncc2)n1-c1cc(C)cc(C)c1. The molecule has 4 rings (SSSR count). The zero-order valence-electron chi connectivity index (χ0n) is 18.1. The molecule has 0 atom stereocenters. The fraction of sp³-hybridized carbons (Fsp3) is 0.167. The third kappa shape index (κ3) is 4.81. The zero-order valence-corrected chi connectivity index (χ0v) is 18.9. The van der Waals surface area contributed by atoms with Gasteiger partial charge in [-0.3, -0.25) is 14.3 Å². The van der Waals surface area contributed by atoms with Crippen molar-refractivity contribution in [1.29, 1.82) is 0 Å². The van der Waals surface area contributed by atoms with Gasteiger partial charge in [-0.1, -0.05) is 30.0 Å². The van der Waals surface area contributed by atoms with E-state index >= 15 is 0 Å². The van der Waals surface area contributed by atoms with Crippen LogP contribution in [0.1, 0.15) is 11.1 Å². The van der Waals surface area contributed by atoms with Crippen molar-refractivity contribution in [2.45, 2.75) is 19.0 Å². The predicted octanol–water partition coefficient (Wildman–Crippen LogP) is 4.69. The van der Waals surface area contributed by atoms with Crippen LogP contribution in [0.15, 0.2) is 72.1 Å². The highest BCUT2D eigenvalue weighted by Crippen LogP contribution is 2.29. The summed E-state index contributed by atoms with van der Waals surface area (Å²) in [7, 11) is 1.58. The quantitative estimate of drug-likeness (QED) is 0.416. The van der Waals surface area contributed by atoms with Gasteiger partial charge in [0.1, 0.15) is 5.75 Å². The molecule has 0 saturated carbocycles. The highest BCUT2D eigenvalue weighted by molar-refractivity contribution is 7.99. The van der Waals surface area contributed by atoms with Crippen LogP contribution in [0.5, 0.6) is 5.75 Å². The number of pyridine rings is 1. The lowest BCUT2D eigenvalue weighted by atomic mass is 10.1. The van der Waals surface area contributed by atoms with E-state index in [2.05, 4.69) is 52.5 Å². The van der Waals surface area contributed by atoms with Crippen molar-refractivity contribution in [3.8, 4) is 22.8 Å². The molecule has 1 N–H and O–H groups in total. The molecule has 2 heterocycles. The molecule has 0 bridgehead atoms. The van der Waals surface area contributed by atoms with E-state index in [0.29, 0.717) is 22.4 Å². The Kier molecular flexibility index (Phi) is 6.51. The Hall–Kier alpha value is -3.65. The molecule has 7 nitrogen and oxygen atoms in total. The molecule has 4 aromatic rings. The lowest BCUT2D eigenvalue weighted by molar-refractivity contribution is -0.113. The first-order valence-electron chi connectivity index (χ1n) is 10.1. The smallest absolute Gasteiger partial charge is 0.234 e. The second kappa shape index (κ2) is 9.65. The van der Waals surface area contributed by atoms with E-state index in [-0.39, 0.29) is 11.7 Å². The monoisotopic (exact) mass is 445 g/mol. The number of amides is 1. The number of thioether (sulfide) groups is 1. The Balaban J connectivity index is 1.62. The van der Waals surface area contributed by atoms with Crippen molar-refractivity contribution in [1.82, 2.24) is 19.7 Å². The summed E-state index contributed by atoms with van der Waals surface area (Å²) in [6, 6.07) is 17.4. The van der Waals surface area contributed by atoms with Gasteiger partial charge in [0.05, 0.1) is 24.2 Å². The van der Waals surface area contributed by atoms with Gasteiger partial charge in [-0.15, -0.1) is 10.2 Å². The van der Waals surface area contributed by atoms with Crippen LogP contribution < -0.4 is 10.1 Å². The van der Waals surface area contributed by atoms with Crippen molar-refractivity contribution in [2.24, 2.45) is 0 Å². The van der Waals surface area contributed by atoms with Gasteiger partial charge >= 0.3 is 0 Å². The summed E-state index contributed by atoms with van der Waals surface area (Å²) >= 11 is 1.33. The molecule has 0 radical (unpaired) electrons. The number of carbonyl (C=O) groups is 1. The van der Waals surface area contributed by atoms with Crippen LogP contribution in [0, 0.1) is 13.8 Å². The lowest BCUT2D eigenvalue weighted by Gasteiger charge is -2.13. The van der Waals surface area contributed by atoms with Gasteiger partial charge in [-0.25, -0.2) is 0 Å². The molecule has 0 aliphatic heterocycles. The summed E-state index contributed by atoms with van der Waals surface area (Å²) < 4.78 is 7.29. The number of aromatic nitrogens is 4. The van der Waals surface area contributed by atoms with E-state index in [1.807, 2.05) is 28.8 Å². The van der Waals surface area contributed by atoms with Crippen LogP contribution in [-0.2, 0) is 4.79 Å². The topological polar surface area (TPSA) is 81.9 Å². The molecule has 1 amide bonds. The number of rotatable bonds is 7. The second-order valence-electron chi connectivity index (χ2n) is 7.26. The highest BCUT2D eigenvalue weighted by Gasteiger charge is 2.18. The van der Waals surface area contributed by atoms with E-state index < -0.39 is 0 Å². The van der Waals surface area contributed by atoms with Crippen LogP contribution in [0.2, 0.25) is 0 Å². The number of aryl methyl sites for hydroxylation is 2. The third-order valence-electron chi connectivity index (χ3n) is 4.75. The first kappa shape index (κ1) is 21.6. The molecular weight excluding hydrogens is 422 g/mol. The number of benzene rings is 2. The molecule has 0 aliphatic carbocycles. The van der Waals surface area contributed by atoms with E-state index in [1.54, 1.807) is 31.6 Å². The molecule has 0 aliphatic rings. The van der Waals surface area contributed by atoms with Crippen molar-refractivity contribution in [3.05, 3.63) is 78.1 Å². The summed E-state index contributed by atoms with van der Waals surface area (Å²) in [6.45, 7) is 4.11. The number of hydrogen-bond donors (Lipinski definition) is 1. The molecule has 2 aromatic heterocycles. The first-order chi connectivity index (χ1) is 15.5. The molecule has 0 fully saturated rings. The summed E-state index contributed by atoms with van der Waals surface area (Å²) in [5.41, 5.74) is 4.76. The number of carbonyl (C=O) groups excluding carboxylic acids is 1. The van der Waals surface area contributed by atoms with Crippen molar-refractivity contribution in [3.63, 3.8) is 0 Å². The van der Waals surface area contributed by atoms with Gasteiger partial charge in [0.2, 0.25) is 5.91 Å². The molecule has 0 spiro atoms. The summed E-state index contributed by atoms with van der Waals surface area (Å²) in [4.78, 5) is 16.7. The molecule has 8 heteroatoms.